The first-order valence-electron chi connectivity index (χ1n) is 16.3. The van der Waals surface area contributed by atoms with E-state index >= 15 is 0 Å². The van der Waals surface area contributed by atoms with Crippen LogP contribution in [0.1, 0.15) is 0 Å². The van der Waals surface area contributed by atoms with Crippen LogP contribution >= 0.6 is 0 Å². The van der Waals surface area contributed by atoms with Gasteiger partial charge in [0.05, 0.1) is 27.9 Å². The van der Waals surface area contributed by atoms with Crippen LogP contribution < -0.4 is 0 Å². The minimum Gasteiger partial charge on any atom is -0.454 e. The lowest BCUT2D eigenvalue weighted by Gasteiger charge is -2.13. The second kappa shape index (κ2) is 10.5. The monoisotopic (exact) mass is 612 g/mol. The Morgan fingerprint density at radius 2 is 1.04 bits per heavy atom. The lowest BCUT2D eigenvalue weighted by molar-refractivity contribution is 0.666. The van der Waals surface area contributed by atoms with Crippen molar-refractivity contribution in [1.82, 2.24) is 9.55 Å². The van der Waals surface area contributed by atoms with Crippen molar-refractivity contribution in [3.63, 3.8) is 0 Å². The van der Waals surface area contributed by atoms with Crippen molar-refractivity contribution in [2.45, 2.75) is 0 Å². The molecule has 7 aromatic carbocycles. The molecule has 0 spiro atoms. The third-order valence-electron chi connectivity index (χ3n) is 9.58. The maximum atomic E-state index is 7.02. The van der Waals surface area contributed by atoms with Crippen LogP contribution in [0.5, 0.6) is 0 Å². The summed E-state index contributed by atoms with van der Waals surface area (Å²) in [6, 6.07) is 60.0. The van der Waals surface area contributed by atoms with Crippen LogP contribution in [-0.4, -0.2) is 9.55 Å². The minimum absolute atomic E-state index is 0.858. The molecule has 3 heteroatoms. The normalized spacial score (nSPS) is 11.8. The molecule has 0 aliphatic rings. The zero-order valence-corrected chi connectivity index (χ0v) is 26.0. The molecular formula is C45H28N2O. The zero-order valence-electron chi connectivity index (χ0n) is 26.0. The highest BCUT2D eigenvalue weighted by molar-refractivity contribution is 6.19. The topological polar surface area (TPSA) is 31.0 Å². The smallest absolute Gasteiger partial charge is 0.159 e. The minimum atomic E-state index is 0.858. The number of hydrogen-bond acceptors (Lipinski definition) is 2. The molecule has 10 aromatic rings. The molecule has 3 nitrogen and oxygen atoms in total. The molecule has 0 saturated heterocycles. The summed E-state index contributed by atoms with van der Waals surface area (Å²) in [4.78, 5) is 5.12. The SMILES string of the molecule is c1ccc(-c2cc(-c3cc(-c4ccccc4)nc4ccccc34)c3c(c2)oc2c(-n4c5ccccc5c5ccccc54)cccc23)cc1. The molecule has 0 aliphatic heterocycles. The van der Waals surface area contributed by atoms with Crippen molar-refractivity contribution >= 4 is 54.6 Å². The molecular weight excluding hydrogens is 585 g/mol. The maximum Gasteiger partial charge on any atom is 0.159 e. The standard InChI is InChI=1S/C45H28N2O/c1-3-14-29(15-4-1)31-26-37(36-28-39(30-16-5-2-6-17-30)46-38-22-10-7-18-32(36)38)44-35-21-13-25-42(45(35)48-43(44)27-31)47-40-23-11-8-19-33(40)34-20-9-12-24-41(34)47/h1-28H. The van der Waals surface area contributed by atoms with Crippen molar-refractivity contribution in [1.29, 1.82) is 0 Å². The van der Waals surface area contributed by atoms with E-state index in [-0.39, 0.29) is 0 Å². The molecule has 0 saturated carbocycles. The van der Waals surface area contributed by atoms with E-state index in [0.29, 0.717) is 0 Å². The number of furan rings is 1. The number of benzene rings is 7. The Hall–Kier alpha value is -6.45. The number of aromatic nitrogens is 2. The zero-order chi connectivity index (χ0) is 31.6. The first kappa shape index (κ1) is 26.7. The number of rotatable bonds is 4. The second-order valence-electron chi connectivity index (χ2n) is 12.3. The Bertz CT molecular complexity index is 2770. The fourth-order valence-corrected chi connectivity index (χ4v) is 7.44. The van der Waals surface area contributed by atoms with Gasteiger partial charge < -0.3 is 8.98 Å². The van der Waals surface area contributed by atoms with Gasteiger partial charge in [-0.2, -0.15) is 0 Å². The summed E-state index contributed by atoms with van der Waals surface area (Å²) in [5.74, 6) is 0. The molecule has 0 bridgehead atoms. The van der Waals surface area contributed by atoms with Crippen molar-refractivity contribution in [3.05, 3.63) is 170 Å². The Kier molecular flexibility index (Phi) is 5.87. The van der Waals surface area contributed by atoms with Crippen molar-refractivity contribution in [2.24, 2.45) is 0 Å². The lowest BCUT2D eigenvalue weighted by Crippen LogP contribution is -1.94. The number of pyridine rings is 1. The van der Waals surface area contributed by atoms with Crippen LogP contribution in [0.2, 0.25) is 0 Å². The summed E-state index contributed by atoms with van der Waals surface area (Å²) in [6.45, 7) is 0. The number of fused-ring (bicyclic) bond motifs is 7. The summed E-state index contributed by atoms with van der Waals surface area (Å²) < 4.78 is 9.37. The van der Waals surface area contributed by atoms with E-state index in [4.69, 9.17) is 9.40 Å². The Morgan fingerprint density at radius 3 is 1.77 bits per heavy atom. The molecule has 0 amide bonds. The van der Waals surface area contributed by atoms with Crippen LogP contribution in [0.15, 0.2) is 174 Å². The van der Waals surface area contributed by atoms with Gasteiger partial charge in [0.15, 0.2) is 5.58 Å². The molecule has 48 heavy (non-hydrogen) atoms. The molecule has 224 valence electrons. The van der Waals surface area contributed by atoms with E-state index in [1.807, 2.05) is 6.07 Å². The second-order valence-corrected chi connectivity index (χ2v) is 12.3. The van der Waals surface area contributed by atoms with Crippen molar-refractivity contribution in [2.75, 3.05) is 0 Å². The van der Waals surface area contributed by atoms with Gasteiger partial charge in [-0.15, -0.1) is 0 Å². The Morgan fingerprint density at radius 1 is 0.438 bits per heavy atom. The molecule has 0 atom stereocenters. The summed E-state index contributed by atoms with van der Waals surface area (Å²) in [7, 11) is 0. The number of para-hydroxylation sites is 4. The van der Waals surface area contributed by atoms with E-state index in [0.717, 1.165) is 83.1 Å². The van der Waals surface area contributed by atoms with Crippen molar-refractivity contribution in [3.8, 4) is 39.2 Å². The summed E-state index contributed by atoms with van der Waals surface area (Å²) in [5, 5.41) is 5.75. The predicted molar refractivity (Wildman–Crippen MR) is 200 cm³/mol. The van der Waals surface area contributed by atoms with Crippen molar-refractivity contribution < 1.29 is 4.42 Å². The highest BCUT2D eigenvalue weighted by Crippen LogP contribution is 2.45. The third-order valence-corrected chi connectivity index (χ3v) is 9.58. The highest BCUT2D eigenvalue weighted by atomic mass is 16.3. The average molecular weight is 613 g/mol. The quantitative estimate of drug-likeness (QED) is 0.198. The van der Waals surface area contributed by atoms with E-state index < -0.39 is 0 Å². The Labute approximate surface area is 277 Å². The number of hydrogen-bond donors (Lipinski definition) is 0. The summed E-state index contributed by atoms with van der Waals surface area (Å²) in [5.41, 5.74) is 12.6. The molecule has 3 aromatic heterocycles. The molecule has 10 rings (SSSR count). The van der Waals surface area contributed by atoms with Crippen LogP contribution in [0, 0.1) is 0 Å². The van der Waals surface area contributed by atoms with Gasteiger partial charge in [0.25, 0.3) is 0 Å². The van der Waals surface area contributed by atoms with Gasteiger partial charge in [-0.05, 0) is 64.7 Å². The maximum absolute atomic E-state index is 7.02. The van der Waals surface area contributed by atoms with Crippen LogP contribution in [0.25, 0.3) is 93.8 Å². The van der Waals surface area contributed by atoms with Crippen LogP contribution in [-0.2, 0) is 0 Å². The Balaban J connectivity index is 1.34. The average Bonchev–Trinajstić information content (AvgIpc) is 3.71. The van der Waals surface area contributed by atoms with Gasteiger partial charge in [-0.3, -0.25) is 0 Å². The van der Waals surface area contributed by atoms with Crippen LogP contribution in [0.4, 0.5) is 0 Å². The van der Waals surface area contributed by atoms with Gasteiger partial charge in [-0.1, -0.05) is 127 Å². The number of nitrogens with zero attached hydrogens (tertiary/aromatic N) is 2. The lowest BCUT2D eigenvalue weighted by atomic mass is 9.91. The van der Waals surface area contributed by atoms with Crippen LogP contribution in [0.3, 0.4) is 0 Å². The molecule has 0 unspecified atom stereocenters. The predicted octanol–water partition coefficient (Wildman–Crippen LogP) is 12.2. The fraction of sp³-hybridized carbons (Fsp3) is 0. The largest absolute Gasteiger partial charge is 0.454 e. The third kappa shape index (κ3) is 4.04. The summed E-state index contributed by atoms with van der Waals surface area (Å²) in [6.07, 6.45) is 0. The first-order chi connectivity index (χ1) is 23.8. The molecule has 0 radical (unpaired) electrons. The van der Waals surface area contributed by atoms with E-state index in [2.05, 4.69) is 168 Å². The van der Waals surface area contributed by atoms with Gasteiger partial charge in [-0.25, -0.2) is 4.98 Å². The first-order valence-corrected chi connectivity index (χ1v) is 16.3. The van der Waals surface area contributed by atoms with E-state index in [9.17, 15) is 0 Å². The molecule has 0 aliphatic carbocycles. The van der Waals surface area contributed by atoms with E-state index in [1.165, 1.54) is 10.8 Å². The molecule has 0 N–H and O–H groups in total. The van der Waals surface area contributed by atoms with Gasteiger partial charge in [0.2, 0.25) is 0 Å². The van der Waals surface area contributed by atoms with Gasteiger partial charge >= 0.3 is 0 Å². The van der Waals surface area contributed by atoms with E-state index in [1.54, 1.807) is 0 Å². The van der Waals surface area contributed by atoms with Gasteiger partial charge in [0.1, 0.15) is 5.58 Å². The van der Waals surface area contributed by atoms with Gasteiger partial charge in [0, 0.05) is 32.5 Å². The fourth-order valence-electron chi connectivity index (χ4n) is 7.44. The highest BCUT2D eigenvalue weighted by Gasteiger charge is 2.22. The summed E-state index contributed by atoms with van der Waals surface area (Å²) >= 11 is 0. The molecule has 3 heterocycles. The molecule has 0 fully saturated rings.